The van der Waals surface area contributed by atoms with Gasteiger partial charge in [-0.15, -0.1) is 11.3 Å². The van der Waals surface area contributed by atoms with Crippen LogP contribution in [-0.2, 0) is 0 Å². The molecule has 0 aliphatic rings. The van der Waals surface area contributed by atoms with Crippen LogP contribution >= 0.6 is 34.5 Å². The summed E-state index contributed by atoms with van der Waals surface area (Å²) < 4.78 is 0. The molecule has 0 saturated heterocycles. The molecule has 0 aliphatic carbocycles. The van der Waals surface area contributed by atoms with Gasteiger partial charge in [-0.05, 0) is 18.2 Å². The van der Waals surface area contributed by atoms with E-state index in [1.165, 1.54) is 23.6 Å². The van der Waals surface area contributed by atoms with Crippen molar-refractivity contribution < 1.29 is 14.7 Å². The highest BCUT2D eigenvalue weighted by atomic mass is 35.5. The Morgan fingerprint density at radius 2 is 2.00 bits per heavy atom. The highest BCUT2D eigenvalue weighted by Crippen LogP contribution is 2.23. The van der Waals surface area contributed by atoms with E-state index >= 15 is 0 Å². The van der Waals surface area contributed by atoms with Crippen LogP contribution in [0, 0.1) is 0 Å². The zero-order valence-electron chi connectivity index (χ0n) is 9.18. The average Bonchev–Trinajstić information content (AvgIpc) is 2.81. The summed E-state index contributed by atoms with van der Waals surface area (Å²) in [5, 5.41) is 13.4. The summed E-state index contributed by atoms with van der Waals surface area (Å²) in [4.78, 5) is 26.3. The standard InChI is InChI=1S/C11H6Cl2N2O3S/c12-6-2-1-5(3-7(6)13)9(16)15-11-14-8(4-19-11)10(17)18/h1-4H,(H,17,18)(H,14,15,16). The van der Waals surface area contributed by atoms with Crippen molar-refractivity contribution >= 4 is 51.5 Å². The number of carbonyl (C=O) groups is 2. The number of aromatic carboxylic acids is 1. The molecule has 0 saturated carbocycles. The largest absolute Gasteiger partial charge is 0.476 e. The van der Waals surface area contributed by atoms with E-state index in [-0.39, 0.29) is 15.8 Å². The van der Waals surface area contributed by atoms with Crippen molar-refractivity contribution in [2.24, 2.45) is 0 Å². The second-order valence-corrected chi connectivity index (χ2v) is 5.10. The van der Waals surface area contributed by atoms with Gasteiger partial charge in [0.15, 0.2) is 10.8 Å². The van der Waals surface area contributed by atoms with Crippen molar-refractivity contribution in [3.8, 4) is 0 Å². The Hall–Kier alpha value is -1.63. The molecule has 1 aromatic heterocycles. The van der Waals surface area contributed by atoms with E-state index in [0.29, 0.717) is 10.6 Å². The molecule has 2 aromatic rings. The van der Waals surface area contributed by atoms with E-state index in [4.69, 9.17) is 28.3 Å². The normalized spacial score (nSPS) is 10.2. The van der Waals surface area contributed by atoms with Crippen LogP contribution in [0.1, 0.15) is 20.8 Å². The molecule has 1 heterocycles. The highest BCUT2D eigenvalue weighted by molar-refractivity contribution is 7.14. The maximum absolute atomic E-state index is 11.9. The Morgan fingerprint density at radius 1 is 1.26 bits per heavy atom. The number of anilines is 1. The molecule has 0 unspecified atom stereocenters. The lowest BCUT2D eigenvalue weighted by atomic mass is 10.2. The second kappa shape index (κ2) is 5.56. The zero-order valence-corrected chi connectivity index (χ0v) is 11.5. The first kappa shape index (κ1) is 13.8. The van der Waals surface area contributed by atoms with Gasteiger partial charge >= 0.3 is 5.97 Å². The Kier molecular flexibility index (Phi) is 4.04. The van der Waals surface area contributed by atoms with E-state index in [1.807, 2.05) is 0 Å². The van der Waals surface area contributed by atoms with Crippen LogP contribution in [0.25, 0.3) is 0 Å². The Balaban J connectivity index is 2.15. The molecule has 0 bridgehead atoms. The van der Waals surface area contributed by atoms with E-state index in [0.717, 1.165) is 11.3 Å². The summed E-state index contributed by atoms with van der Waals surface area (Å²) in [7, 11) is 0. The molecule has 0 aliphatic heterocycles. The van der Waals surface area contributed by atoms with Crippen LogP contribution in [0.4, 0.5) is 5.13 Å². The maximum atomic E-state index is 11.9. The van der Waals surface area contributed by atoms with Crippen LogP contribution < -0.4 is 5.32 Å². The summed E-state index contributed by atoms with van der Waals surface area (Å²) >= 11 is 12.6. The minimum absolute atomic E-state index is 0.116. The topological polar surface area (TPSA) is 79.3 Å². The van der Waals surface area contributed by atoms with Crippen molar-refractivity contribution in [2.45, 2.75) is 0 Å². The molecule has 0 radical (unpaired) electrons. The number of carboxylic acids is 1. The average molecular weight is 317 g/mol. The highest BCUT2D eigenvalue weighted by Gasteiger charge is 2.13. The van der Waals surface area contributed by atoms with E-state index < -0.39 is 11.9 Å². The SMILES string of the molecule is O=C(Nc1nc(C(=O)O)cs1)c1ccc(Cl)c(Cl)c1. The van der Waals surface area contributed by atoms with Crippen LogP contribution in [0.2, 0.25) is 10.0 Å². The fourth-order valence-corrected chi connectivity index (χ4v) is 2.21. The first-order valence-electron chi connectivity index (χ1n) is 4.92. The molecule has 2 N–H and O–H groups in total. The minimum atomic E-state index is -1.15. The number of nitrogens with zero attached hydrogens (tertiary/aromatic N) is 1. The molecule has 98 valence electrons. The molecule has 0 atom stereocenters. The molecule has 1 aromatic carbocycles. The van der Waals surface area contributed by atoms with Gasteiger partial charge in [0.2, 0.25) is 0 Å². The summed E-state index contributed by atoms with van der Waals surface area (Å²) in [6.07, 6.45) is 0. The summed E-state index contributed by atoms with van der Waals surface area (Å²) in [6.45, 7) is 0. The maximum Gasteiger partial charge on any atom is 0.355 e. The van der Waals surface area contributed by atoms with Crippen molar-refractivity contribution in [1.82, 2.24) is 4.98 Å². The Morgan fingerprint density at radius 3 is 2.58 bits per heavy atom. The van der Waals surface area contributed by atoms with Gasteiger partial charge in [-0.3, -0.25) is 10.1 Å². The number of hydrogen-bond acceptors (Lipinski definition) is 4. The van der Waals surface area contributed by atoms with Gasteiger partial charge in [-0.25, -0.2) is 9.78 Å². The lowest BCUT2D eigenvalue weighted by Gasteiger charge is -2.02. The van der Waals surface area contributed by atoms with Gasteiger partial charge in [-0.2, -0.15) is 0 Å². The Labute approximate surface area is 121 Å². The molecule has 8 heteroatoms. The quantitative estimate of drug-likeness (QED) is 0.909. The van der Waals surface area contributed by atoms with Gasteiger partial charge in [0.05, 0.1) is 10.0 Å². The third-order valence-electron chi connectivity index (χ3n) is 2.13. The lowest BCUT2D eigenvalue weighted by molar-refractivity contribution is 0.0691. The van der Waals surface area contributed by atoms with Crippen molar-refractivity contribution in [3.05, 3.63) is 44.9 Å². The van der Waals surface area contributed by atoms with Crippen LogP contribution in [0.5, 0.6) is 0 Å². The molecule has 19 heavy (non-hydrogen) atoms. The monoisotopic (exact) mass is 316 g/mol. The first-order valence-corrected chi connectivity index (χ1v) is 6.56. The third kappa shape index (κ3) is 3.23. The molecular weight excluding hydrogens is 311 g/mol. The number of carboxylic acid groups (broad SMARTS) is 1. The molecule has 0 fully saturated rings. The number of aromatic nitrogens is 1. The molecule has 0 spiro atoms. The molecule has 2 rings (SSSR count). The fourth-order valence-electron chi connectivity index (χ4n) is 1.24. The van der Waals surface area contributed by atoms with Gasteiger partial charge in [0.25, 0.3) is 5.91 Å². The smallest absolute Gasteiger partial charge is 0.355 e. The predicted molar refractivity (Wildman–Crippen MR) is 73.5 cm³/mol. The van der Waals surface area contributed by atoms with Crippen LogP contribution in [0.15, 0.2) is 23.6 Å². The van der Waals surface area contributed by atoms with Crippen molar-refractivity contribution in [1.29, 1.82) is 0 Å². The fraction of sp³-hybridized carbons (Fsp3) is 0. The summed E-state index contributed by atoms with van der Waals surface area (Å²) in [5.74, 6) is -1.59. The van der Waals surface area contributed by atoms with Gasteiger partial charge in [0.1, 0.15) is 0 Å². The van der Waals surface area contributed by atoms with Crippen LogP contribution in [-0.4, -0.2) is 22.0 Å². The van der Waals surface area contributed by atoms with Crippen molar-refractivity contribution in [2.75, 3.05) is 5.32 Å². The van der Waals surface area contributed by atoms with Crippen molar-refractivity contribution in [3.63, 3.8) is 0 Å². The number of carbonyl (C=O) groups excluding carboxylic acids is 1. The molecule has 1 amide bonds. The lowest BCUT2D eigenvalue weighted by Crippen LogP contribution is -2.12. The van der Waals surface area contributed by atoms with Crippen LogP contribution in [0.3, 0.4) is 0 Å². The molecule has 5 nitrogen and oxygen atoms in total. The summed E-state index contributed by atoms with van der Waals surface area (Å²) in [5.41, 5.74) is 0.191. The van der Waals surface area contributed by atoms with Gasteiger partial charge < -0.3 is 5.11 Å². The number of halogens is 2. The van der Waals surface area contributed by atoms with Gasteiger partial charge in [-0.1, -0.05) is 23.2 Å². The number of thiazole rings is 1. The van der Waals surface area contributed by atoms with E-state index in [2.05, 4.69) is 10.3 Å². The molecular formula is C11H6Cl2N2O3S. The van der Waals surface area contributed by atoms with E-state index in [9.17, 15) is 9.59 Å². The van der Waals surface area contributed by atoms with Gasteiger partial charge in [0, 0.05) is 10.9 Å². The number of nitrogens with one attached hydrogen (secondary N) is 1. The zero-order chi connectivity index (χ0) is 14.0. The van der Waals surface area contributed by atoms with E-state index in [1.54, 1.807) is 0 Å². The predicted octanol–water partition coefficient (Wildman–Crippen LogP) is 3.40. The Bertz CT molecular complexity index is 657. The number of hydrogen-bond donors (Lipinski definition) is 2. The number of amides is 1. The number of benzene rings is 1. The summed E-state index contributed by atoms with van der Waals surface area (Å²) in [6, 6.07) is 4.43. The second-order valence-electron chi connectivity index (χ2n) is 3.43. The third-order valence-corrected chi connectivity index (χ3v) is 3.62. The minimum Gasteiger partial charge on any atom is -0.476 e. The number of rotatable bonds is 3. The first-order chi connectivity index (χ1) is 8.97.